The summed E-state index contributed by atoms with van der Waals surface area (Å²) >= 11 is 0. The molecule has 2 amide bonds. The number of amides is 2. The van der Waals surface area contributed by atoms with Crippen LogP contribution in [0, 0.1) is 0 Å². The van der Waals surface area contributed by atoms with Gasteiger partial charge in [0.25, 0.3) is 0 Å². The molecule has 1 aliphatic rings. The Bertz CT molecular complexity index is 1310. The maximum absolute atomic E-state index is 12.4. The first-order valence-corrected chi connectivity index (χ1v) is 10.1. The van der Waals surface area contributed by atoms with Gasteiger partial charge in [-0.3, -0.25) is 9.59 Å². The summed E-state index contributed by atoms with van der Waals surface area (Å²) < 4.78 is 1.60. The molecule has 0 aromatic carbocycles. The first-order valence-electron chi connectivity index (χ1n) is 10.1. The third kappa shape index (κ3) is 3.33. The highest BCUT2D eigenvalue weighted by molar-refractivity contribution is 5.97. The predicted molar refractivity (Wildman–Crippen MR) is 115 cm³/mol. The van der Waals surface area contributed by atoms with Crippen LogP contribution in [0.15, 0.2) is 55.5 Å². The molecule has 4 aromatic heterocycles. The average molecular weight is 415 g/mol. The molecule has 0 radical (unpaired) electrons. The lowest BCUT2D eigenvalue weighted by atomic mass is 10.0. The van der Waals surface area contributed by atoms with Crippen LogP contribution in [0.3, 0.4) is 0 Å². The van der Waals surface area contributed by atoms with Gasteiger partial charge in [-0.1, -0.05) is 6.58 Å². The van der Waals surface area contributed by atoms with Crippen LogP contribution in [-0.2, 0) is 16.0 Å². The third-order valence-corrected chi connectivity index (χ3v) is 5.66. The minimum atomic E-state index is -0.397. The van der Waals surface area contributed by atoms with Gasteiger partial charge in [-0.2, -0.15) is 14.8 Å². The minimum absolute atomic E-state index is 0.129. The Kier molecular flexibility index (Phi) is 4.70. The highest BCUT2D eigenvalue weighted by Gasteiger charge is 2.36. The van der Waals surface area contributed by atoms with Gasteiger partial charge in [0, 0.05) is 48.5 Å². The molecule has 0 aliphatic carbocycles. The van der Waals surface area contributed by atoms with Crippen molar-refractivity contribution < 1.29 is 9.59 Å². The van der Waals surface area contributed by atoms with Crippen molar-refractivity contribution in [2.45, 2.75) is 18.9 Å². The van der Waals surface area contributed by atoms with Crippen molar-refractivity contribution in [3.8, 4) is 11.1 Å². The number of nitrogens with zero attached hydrogens (tertiary/aromatic N) is 5. The van der Waals surface area contributed by atoms with Crippen molar-refractivity contribution in [3.05, 3.63) is 61.2 Å². The van der Waals surface area contributed by atoms with Crippen LogP contribution in [0.25, 0.3) is 27.7 Å². The first kappa shape index (κ1) is 19.0. The number of rotatable bonds is 6. The van der Waals surface area contributed by atoms with Gasteiger partial charge in [-0.15, -0.1) is 0 Å². The van der Waals surface area contributed by atoms with Crippen molar-refractivity contribution in [1.82, 2.24) is 35.0 Å². The van der Waals surface area contributed by atoms with E-state index < -0.39 is 6.04 Å². The largest absolute Gasteiger partial charge is 0.354 e. The Hall–Kier alpha value is -4.01. The number of carbonyl (C=O) groups is 2. The second kappa shape index (κ2) is 7.67. The Balaban J connectivity index is 1.31. The van der Waals surface area contributed by atoms with Gasteiger partial charge in [-0.05, 0) is 42.3 Å². The number of likely N-dealkylation sites (tertiary alicyclic amines) is 1. The summed E-state index contributed by atoms with van der Waals surface area (Å²) in [6, 6.07) is 7.49. The monoisotopic (exact) mass is 415 g/mol. The smallest absolute Gasteiger partial charge is 0.246 e. The zero-order chi connectivity index (χ0) is 21.4. The van der Waals surface area contributed by atoms with E-state index >= 15 is 0 Å². The van der Waals surface area contributed by atoms with Crippen LogP contribution in [-0.4, -0.2) is 60.6 Å². The summed E-state index contributed by atoms with van der Waals surface area (Å²) in [5.41, 5.74) is 4.68. The molecule has 1 unspecified atom stereocenters. The molecule has 2 N–H and O–H groups in total. The second-order valence-electron chi connectivity index (χ2n) is 7.45. The summed E-state index contributed by atoms with van der Waals surface area (Å²) in [6.07, 6.45) is 7.82. The molecule has 31 heavy (non-hydrogen) atoms. The van der Waals surface area contributed by atoms with Crippen LogP contribution in [0.4, 0.5) is 0 Å². The topological polar surface area (TPSA) is 108 Å². The number of nitrogens with one attached hydrogen (secondary N) is 2. The molecule has 5 rings (SSSR count). The number of H-pyrrole nitrogens is 1. The van der Waals surface area contributed by atoms with Gasteiger partial charge >= 0.3 is 0 Å². The fourth-order valence-corrected chi connectivity index (χ4v) is 3.97. The Morgan fingerprint density at radius 2 is 2.16 bits per heavy atom. The van der Waals surface area contributed by atoms with E-state index in [2.05, 4.69) is 38.1 Å². The highest BCUT2D eigenvalue weighted by atomic mass is 16.2. The van der Waals surface area contributed by atoms with Crippen molar-refractivity contribution in [3.63, 3.8) is 0 Å². The van der Waals surface area contributed by atoms with Crippen molar-refractivity contribution in [2.75, 3.05) is 13.1 Å². The molecule has 4 aromatic rings. The van der Waals surface area contributed by atoms with Gasteiger partial charge in [0.15, 0.2) is 0 Å². The molecule has 0 bridgehead atoms. The highest BCUT2D eigenvalue weighted by Crippen LogP contribution is 2.30. The van der Waals surface area contributed by atoms with Crippen molar-refractivity contribution in [2.24, 2.45) is 0 Å². The van der Waals surface area contributed by atoms with Crippen LogP contribution in [0.2, 0.25) is 0 Å². The van der Waals surface area contributed by atoms with Gasteiger partial charge in [0.05, 0.1) is 11.7 Å². The van der Waals surface area contributed by atoms with Gasteiger partial charge in [0.1, 0.15) is 11.7 Å². The van der Waals surface area contributed by atoms with E-state index in [0.29, 0.717) is 25.9 Å². The van der Waals surface area contributed by atoms with E-state index in [9.17, 15) is 9.59 Å². The summed E-state index contributed by atoms with van der Waals surface area (Å²) in [6.45, 7) is 4.54. The van der Waals surface area contributed by atoms with E-state index in [1.54, 1.807) is 23.2 Å². The second-order valence-corrected chi connectivity index (χ2v) is 7.45. The summed E-state index contributed by atoms with van der Waals surface area (Å²) in [4.78, 5) is 33.4. The molecule has 0 spiro atoms. The van der Waals surface area contributed by atoms with E-state index in [-0.39, 0.29) is 11.8 Å². The maximum Gasteiger partial charge on any atom is 0.246 e. The van der Waals surface area contributed by atoms with Gasteiger partial charge in [-0.25, -0.2) is 4.98 Å². The zero-order valence-electron chi connectivity index (χ0n) is 16.8. The molecule has 0 saturated carbocycles. The fourth-order valence-electron chi connectivity index (χ4n) is 3.97. The minimum Gasteiger partial charge on any atom is -0.354 e. The molecule has 9 nitrogen and oxygen atoms in total. The average Bonchev–Trinajstić information content (AvgIpc) is 3.36. The summed E-state index contributed by atoms with van der Waals surface area (Å²) in [5.74, 6) is -0.335. The van der Waals surface area contributed by atoms with Crippen molar-refractivity contribution >= 4 is 28.4 Å². The van der Waals surface area contributed by atoms with Gasteiger partial charge in [0.2, 0.25) is 11.8 Å². The third-order valence-electron chi connectivity index (χ3n) is 5.66. The molecule has 1 fully saturated rings. The lowest BCUT2D eigenvalue weighted by Crippen LogP contribution is -2.58. The molecule has 5 heterocycles. The number of pyridine rings is 1. The number of carbonyl (C=O) groups excluding carboxylic acids is 2. The molecule has 1 atom stereocenters. The Morgan fingerprint density at radius 3 is 2.97 bits per heavy atom. The zero-order valence-corrected chi connectivity index (χ0v) is 16.8. The first-order chi connectivity index (χ1) is 15.2. The lowest BCUT2D eigenvalue weighted by molar-refractivity contribution is -0.143. The van der Waals surface area contributed by atoms with Crippen LogP contribution >= 0.6 is 0 Å². The number of aromatic nitrogens is 5. The molecule has 156 valence electrons. The molecule has 9 heteroatoms. The quantitative estimate of drug-likeness (QED) is 0.466. The van der Waals surface area contributed by atoms with E-state index in [1.165, 1.54) is 11.0 Å². The Morgan fingerprint density at radius 1 is 1.26 bits per heavy atom. The van der Waals surface area contributed by atoms with Crippen molar-refractivity contribution in [1.29, 1.82) is 0 Å². The normalized spacial score (nSPS) is 15.7. The number of hydrogen-bond acceptors (Lipinski definition) is 5. The molecular formula is C22H21N7O2. The van der Waals surface area contributed by atoms with Crippen LogP contribution < -0.4 is 5.32 Å². The standard InChI is InChI=1S/C22H21N7O2/c1-2-20(30)28-11-7-19(28)22(31)24-9-5-14-12-16-15(6-10-23-21(16)27-14)17-13-26-29-18(17)4-3-8-25-29/h2-4,6,8,10,12-13,19H,1,5,7,9,11H2,(H,23,27)(H,24,31). The molecule has 1 saturated heterocycles. The van der Waals surface area contributed by atoms with Crippen LogP contribution in [0.5, 0.6) is 0 Å². The fraction of sp³-hybridized carbons (Fsp3) is 0.227. The lowest BCUT2D eigenvalue weighted by Gasteiger charge is -2.39. The summed E-state index contributed by atoms with van der Waals surface area (Å²) in [5, 5.41) is 12.5. The number of fused-ring (bicyclic) bond motifs is 2. The summed E-state index contributed by atoms with van der Waals surface area (Å²) in [7, 11) is 0. The molecular weight excluding hydrogens is 394 g/mol. The van der Waals surface area contributed by atoms with Crippen LogP contribution in [0.1, 0.15) is 12.1 Å². The predicted octanol–water partition coefficient (Wildman–Crippen LogP) is 1.72. The van der Waals surface area contributed by atoms with E-state index in [0.717, 1.165) is 33.4 Å². The van der Waals surface area contributed by atoms with E-state index in [4.69, 9.17) is 0 Å². The molecule has 1 aliphatic heterocycles. The van der Waals surface area contributed by atoms with E-state index in [1.807, 2.05) is 18.2 Å². The number of hydrogen-bond donors (Lipinski definition) is 2. The van der Waals surface area contributed by atoms with Gasteiger partial charge < -0.3 is 15.2 Å². The number of aromatic amines is 1. The maximum atomic E-state index is 12.4. The Labute approximate surface area is 177 Å². The SMILES string of the molecule is C=CC(=O)N1CCC1C(=O)NCCc1cc2c(-c3cnn4ncccc34)ccnc2[nH]1.